The lowest BCUT2D eigenvalue weighted by atomic mass is 10.1. The highest BCUT2D eigenvalue weighted by atomic mass is 16.5. The summed E-state index contributed by atoms with van der Waals surface area (Å²) in [7, 11) is 1.64. The van der Waals surface area contributed by atoms with Crippen LogP contribution in [0.25, 0.3) is 10.9 Å². The molecule has 1 heterocycles. The first-order valence-electron chi connectivity index (χ1n) is 8.64. The SMILES string of the molecule is CCC(C)N(Cc1ccccc1)C(=O)c1cc2ccc(OC)cc2[nH]1. The first kappa shape index (κ1) is 17.1. The molecule has 130 valence electrons. The predicted molar refractivity (Wildman–Crippen MR) is 101 cm³/mol. The van der Waals surface area contributed by atoms with Gasteiger partial charge >= 0.3 is 0 Å². The Hall–Kier alpha value is -2.75. The summed E-state index contributed by atoms with van der Waals surface area (Å²) in [6.45, 7) is 4.80. The quantitative estimate of drug-likeness (QED) is 0.714. The third kappa shape index (κ3) is 3.68. The Balaban J connectivity index is 1.91. The van der Waals surface area contributed by atoms with Crippen molar-refractivity contribution in [3.05, 3.63) is 65.9 Å². The molecule has 0 spiro atoms. The average molecular weight is 336 g/mol. The second-order valence-electron chi connectivity index (χ2n) is 6.31. The Morgan fingerprint density at radius 2 is 1.92 bits per heavy atom. The van der Waals surface area contributed by atoms with Crippen molar-refractivity contribution in [2.75, 3.05) is 7.11 Å². The highest BCUT2D eigenvalue weighted by molar-refractivity contribution is 5.98. The van der Waals surface area contributed by atoms with Crippen LogP contribution in [0.4, 0.5) is 0 Å². The third-order valence-corrected chi connectivity index (χ3v) is 4.64. The minimum atomic E-state index is 0.0216. The van der Waals surface area contributed by atoms with Gasteiger partial charge in [0.15, 0.2) is 0 Å². The van der Waals surface area contributed by atoms with Crippen LogP contribution in [0.2, 0.25) is 0 Å². The summed E-state index contributed by atoms with van der Waals surface area (Å²) in [6, 6.07) is 18.0. The lowest BCUT2D eigenvalue weighted by Crippen LogP contribution is -2.38. The van der Waals surface area contributed by atoms with Crippen molar-refractivity contribution in [3.63, 3.8) is 0 Å². The normalized spacial score (nSPS) is 12.1. The van der Waals surface area contributed by atoms with Crippen LogP contribution in [0.15, 0.2) is 54.6 Å². The first-order valence-corrected chi connectivity index (χ1v) is 8.64. The lowest BCUT2D eigenvalue weighted by molar-refractivity contribution is 0.0666. The van der Waals surface area contributed by atoms with Crippen molar-refractivity contribution in [2.45, 2.75) is 32.9 Å². The topological polar surface area (TPSA) is 45.3 Å². The number of H-pyrrole nitrogens is 1. The Morgan fingerprint density at radius 1 is 1.16 bits per heavy atom. The van der Waals surface area contributed by atoms with Crippen molar-refractivity contribution in [3.8, 4) is 5.75 Å². The van der Waals surface area contributed by atoms with Crippen molar-refractivity contribution < 1.29 is 9.53 Å². The monoisotopic (exact) mass is 336 g/mol. The number of ether oxygens (including phenoxy) is 1. The number of carbonyl (C=O) groups excluding carboxylic acids is 1. The van der Waals surface area contributed by atoms with Crippen LogP contribution in [0.3, 0.4) is 0 Å². The Labute approximate surface area is 148 Å². The van der Waals surface area contributed by atoms with E-state index in [1.54, 1.807) is 7.11 Å². The maximum atomic E-state index is 13.1. The second-order valence-corrected chi connectivity index (χ2v) is 6.31. The van der Waals surface area contributed by atoms with Crippen LogP contribution in [-0.2, 0) is 6.54 Å². The molecule has 0 aliphatic heterocycles. The molecule has 0 saturated heterocycles. The molecule has 3 rings (SSSR count). The summed E-state index contributed by atoms with van der Waals surface area (Å²) in [5.74, 6) is 0.796. The standard InChI is InChI=1S/C21H24N2O2/c1-4-15(2)23(14-16-8-6-5-7-9-16)21(24)20-12-17-10-11-18(25-3)13-19(17)22-20/h5-13,15,22H,4,14H2,1-3H3. The van der Waals surface area contributed by atoms with Gasteiger partial charge < -0.3 is 14.6 Å². The second kappa shape index (κ2) is 7.43. The number of nitrogens with zero attached hydrogens (tertiary/aromatic N) is 1. The minimum Gasteiger partial charge on any atom is -0.497 e. The van der Waals surface area contributed by atoms with Gasteiger partial charge in [-0.1, -0.05) is 37.3 Å². The number of hydrogen-bond acceptors (Lipinski definition) is 2. The summed E-state index contributed by atoms with van der Waals surface area (Å²) in [6.07, 6.45) is 0.909. The van der Waals surface area contributed by atoms with Crippen LogP contribution in [0.1, 0.15) is 36.3 Å². The van der Waals surface area contributed by atoms with Crippen LogP contribution in [0, 0.1) is 0 Å². The molecule has 2 aromatic carbocycles. The fraction of sp³-hybridized carbons (Fsp3) is 0.286. The summed E-state index contributed by atoms with van der Waals surface area (Å²) in [5, 5.41) is 1.01. The van der Waals surface area contributed by atoms with Gasteiger partial charge in [0.1, 0.15) is 11.4 Å². The van der Waals surface area contributed by atoms with Crippen molar-refractivity contribution >= 4 is 16.8 Å². The van der Waals surface area contributed by atoms with E-state index in [2.05, 4.69) is 31.0 Å². The van der Waals surface area contributed by atoms with Gasteiger partial charge in [0.25, 0.3) is 5.91 Å². The van der Waals surface area contributed by atoms with Gasteiger partial charge in [0.05, 0.1) is 7.11 Å². The van der Waals surface area contributed by atoms with Gasteiger partial charge in [0, 0.05) is 29.6 Å². The van der Waals surface area contributed by atoms with Crippen molar-refractivity contribution in [1.29, 1.82) is 0 Å². The van der Waals surface area contributed by atoms with Crippen molar-refractivity contribution in [2.24, 2.45) is 0 Å². The van der Waals surface area contributed by atoms with Crippen molar-refractivity contribution in [1.82, 2.24) is 9.88 Å². The maximum Gasteiger partial charge on any atom is 0.270 e. The Kier molecular flexibility index (Phi) is 5.08. The highest BCUT2D eigenvalue weighted by Crippen LogP contribution is 2.23. The number of methoxy groups -OCH3 is 1. The van der Waals surface area contributed by atoms with E-state index in [4.69, 9.17) is 4.74 Å². The lowest BCUT2D eigenvalue weighted by Gasteiger charge is -2.28. The molecule has 3 aromatic rings. The van der Waals surface area contributed by atoms with E-state index in [0.717, 1.165) is 28.6 Å². The molecular weight excluding hydrogens is 312 g/mol. The summed E-state index contributed by atoms with van der Waals surface area (Å²) in [5.41, 5.74) is 2.65. The van der Waals surface area contributed by atoms with Crippen LogP contribution in [0.5, 0.6) is 5.75 Å². The molecule has 0 aliphatic carbocycles. The van der Waals surface area contributed by atoms with Gasteiger partial charge in [-0.15, -0.1) is 0 Å². The zero-order chi connectivity index (χ0) is 17.8. The molecule has 0 fully saturated rings. The molecule has 1 aromatic heterocycles. The molecule has 1 amide bonds. The van der Waals surface area contributed by atoms with E-state index < -0.39 is 0 Å². The number of aromatic nitrogens is 1. The number of fused-ring (bicyclic) bond motifs is 1. The first-order chi connectivity index (χ1) is 12.1. The number of hydrogen-bond donors (Lipinski definition) is 1. The third-order valence-electron chi connectivity index (χ3n) is 4.64. The van der Waals surface area contributed by atoms with Gasteiger partial charge in [-0.25, -0.2) is 0 Å². The van der Waals surface area contributed by atoms with Gasteiger partial charge in [0.2, 0.25) is 0 Å². The molecule has 0 radical (unpaired) electrons. The molecule has 4 heteroatoms. The summed E-state index contributed by atoms with van der Waals surface area (Å²) < 4.78 is 5.26. The largest absolute Gasteiger partial charge is 0.497 e. The van der Waals surface area contributed by atoms with E-state index in [-0.39, 0.29) is 11.9 Å². The zero-order valence-corrected chi connectivity index (χ0v) is 15.0. The number of rotatable bonds is 6. The van der Waals surface area contributed by atoms with E-state index in [1.807, 2.05) is 47.4 Å². The number of amides is 1. The van der Waals surface area contributed by atoms with E-state index in [1.165, 1.54) is 0 Å². The fourth-order valence-corrected chi connectivity index (χ4v) is 2.93. The molecule has 4 nitrogen and oxygen atoms in total. The Morgan fingerprint density at radius 3 is 2.60 bits per heavy atom. The van der Waals surface area contributed by atoms with Crippen LogP contribution >= 0.6 is 0 Å². The molecular formula is C21H24N2O2. The predicted octanol–water partition coefficient (Wildman–Crippen LogP) is 4.62. The molecule has 1 unspecified atom stereocenters. The molecule has 0 bridgehead atoms. The van der Waals surface area contributed by atoms with E-state index in [9.17, 15) is 4.79 Å². The molecule has 25 heavy (non-hydrogen) atoms. The number of benzene rings is 2. The Bertz CT molecular complexity index is 855. The number of aromatic amines is 1. The minimum absolute atomic E-state index is 0.0216. The molecule has 0 aliphatic rings. The summed E-state index contributed by atoms with van der Waals surface area (Å²) in [4.78, 5) is 18.3. The maximum absolute atomic E-state index is 13.1. The van der Waals surface area contributed by atoms with Gasteiger partial charge in [-0.3, -0.25) is 4.79 Å². The smallest absolute Gasteiger partial charge is 0.270 e. The fourth-order valence-electron chi connectivity index (χ4n) is 2.93. The van der Waals surface area contributed by atoms with Crippen LogP contribution in [-0.4, -0.2) is 28.9 Å². The zero-order valence-electron chi connectivity index (χ0n) is 15.0. The summed E-state index contributed by atoms with van der Waals surface area (Å²) >= 11 is 0. The number of carbonyl (C=O) groups is 1. The average Bonchev–Trinajstić information content (AvgIpc) is 3.09. The molecule has 0 saturated carbocycles. The molecule has 1 atom stereocenters. The van der Waals surface area contributed by atoms with E-state index >= 15 is 0 Å². The van der Waals surface area contributed by atoms with E-state index in [0.29, 0.717) is 12.2 Å². The van der Waals surface area contributed by atoms with Crippen LogP contribution < -0.4 is 4.74 Å². The van der Waals surface area contributed by atoms with Gasteiger partial charge in [-0.05, 0) is 37.1 Å². The van der Waals surface area contributed by atoms with Gasteiger partial charge in [-0.2, -0.15) is 0 Å². The number of nitrogens with one attached hydrogen (secondary N) is 1. The molecule has 1 N–H and O–H groups in total. The highest BCUT2D eigenvalue weighted by Gasteiger charge is 2.22.